The van der Waals surface area contributed by atoms with Crippen LogP contribution in [0.3, 0.4) is 0 Å². The van der Waals surface area contributed by atoms with Crippen molar-refractivity contribution in [2.24, 2.45) is 11.7 Å². The highest BCUT2D eigenvalue weighted by Gasteiger charge is 2.34. The Morgan fingerprint density at radius 1 is 1.52 bits per heavy atom. The number of hydrogen-bond donors (Lipinski definition) is 1. The molecule has 0 aliphatic carbocycles. The van der Waals surface area contributed by atoms with Gasteiger partial charge in [-0.05, 0) is 50.9 Å². The van der Waals surface area contributed by atoms with Crippen LogP contribution in [0.25, 0.3) is 0 Å². The SMILES string of the molecule is CC(Oc1ccc(Cl)cc1Cl)C(=O)N1CC(CN)CC1C. The van der Waals surface area contributed by atoms with E-state index < -0.39 is 6.10 Å². The fourth-order valence-electron chi connectivity index (χ4n) is 2.67. The second-order valence-corrected chi connectivity index (χ2v) is 6.36. The summed E-state index contributed by atoms with van der Waals surface area (Å²) in [4.78, 5) is 14.3. The molecule has 2 N–H and O–H groups in total. The number of halogens is 2. The number of carbonyl (C=O) groups is 1. The van der Waals surface area contributed by atoms with E-state index in [0.29, 0.717) is 34.8 Å². The van der Waals surface area contributed by atoms with Crippen LogP contribution >= 0.6 is 23.2 Å². The largest absolute Gasteiger partial charge is 0.479 e. The molecule has 1 aromatic rings. The van der Waals surface area contributed by atoms with Gasteiger partial charge < -0.3 is 15.4 Å². The van der Waals surface area contributed by atoms with E-state index in [4.69, 9.17) is 33.7 Å². The third kappa shape index (κ3) is 3.82. The summed E-state index contributed by atoms with van der Waals surface area (Å²) in [7, 11) is 0. The van der Waals surface area contributed by atoms with E-state index in [0.717, 1.165) is 6.42 Å². The summed E-state index contributed by atoms with van der Waals surface area (Å²) in [5.74, 6) is 0.795. The maximum absolute atomic E-state index is 12.5. The average Bonchev–Trinajstić information content (AvgIpc) is 2.82. The van der Waals surface area contributed by atoms with E-state index in [-0.39, 0.29) is 11.9 Å². The number of carbonyl (C=O) groups excluding carboxylic acids is 1. The highest BCUT2D eigenvalue weighted by molar-refractivity contribution is 6.35. The summed E-state index contributed by atoms with van der Waals surface area (Å²) in [5.41, 5.74) is 5.69. The molecular weight excluding hydrogens is 311 g/mol. The van der Waals surface area contributed by atoms with Crippen molar-refractivity contribution in [2.75, 3.05) is 13.1 Å². The van der Waals surface area contributed by atoms with Gasteiger partial charge in [0.25, 0.3) is 5.91 Å². The van der Waals surface area contributed by atoms with Gasteiger partial charge in [0, 0.05) is 17.6 Å². The molecule has 0 saturated carbocycles. The first-order valence-electron chi connectivity index (χ1n) is 7.04. The molecule has 116 valence electrons. The lowest BCUT2D eigenvalue weighted by molar-refractivity contribution is -0.138. The normalized spacial score (nSPS) is 23.2. The minimum atomic E-state index is -0.595. The van der Waals surface area contributed by atoms with Crippen molar-refractivity contribution < 1.29 is 9.53 Å². The zero-order chi connectivity index (χ0) is 15.6. The molecule has 1 heterocycles. The maximum Gasteiger partial charge on any atom is 0.263 e. The number of nitrogens with zero attached hydrogens (tertiary/aromatic N) is 1. The molecule has 1 saturated heterocycles. The number of ether oxygens (including phenoxy) is 1. The molecule has 1 aromatic carbocycles. The second kappa shape index (κ2) is 6.86. The third-order valence-electron chi connectivity index (χ3n) is 3.82. The van der Waals surface area contributed by atoms with Crippen LogP contribution in [0.4, 0.5) is 0 Å². The Morgan fingerprint density at radius 3 is 2.81 bits per heavy atom. The summed E-state index contributed by atoms with van der Waals surface area (Å²) in [6, 6.07) is 5.14. The quantitative estimate of drug-likeness (QED) is 0.923. The zero-order valence-corrected chi connectivity index (χ0v) is 13.7. The van der Waals surface area contributed by atoms with Crippen molar-refractivity contribution in [3.8, 4) is 5.75 Å². The second-order valence-electron chi connectivity index (χ2n) is 5.51. The molecule has 1 aliphatic heterocycles. The molecule has 4 nitrogen and oxygen atoms in total. The lowest BCUT2D eigenvalue weighted by atomic mass is 10.1. The fraction of sp³-hybridized carbons (Fsp3) is 0.533. The van der Waals surface area contributed by atoms with Crippen LogP contribution in [-0.2, 0) is 4.79 Å². The van der Waals surface area contributed by atoms with Crippen molar-refractivity contribution in [1.29, 1.82) is 0 Å². The zero-order valence-electron chi connectivity index (χ0n) is 12.2. The van der Waals surface area contributed by atoms with E-state index in [9.17, 15) is 4.79 Å². The highest BCUT2D eigenvalue weighted by Crippen LogP contribution is 2.29. The monoisotopic (exact) mass is 330 g/mol. The smallest absolute Gasteiger partial charge is 0.263 e. The first kappa shape index (κ1) is 16.4. The van der Waals surface area contributed by atoms with Gasteiger partial charge >= 0.3 is 0 Å². The molecule has 0 bridgehead atoms. The van der Waals surface area contributed by atoms with Crippen LogP contribution in [-0.4, -0.2) is 36.0 Å². The van der Waals surface area contributed by atoms with Crippen molar-refractivity contribution in [2.45, 2.75) is 32.4 Å². The van der Waals surface area contributed by atoms with Crippen molar-refractivity contribution >= 4 is 29.1 Å². The van der Waals surface area contributed by atoms with Gasteiger partial charge in [-0.3, -0.25) is 4.79 Å². The van der Waals surface area contributed by atoms with E-state index in [2.05, 4.69) is 0 Å². The Hall–Kier alpha value is -0.970. The predicted octanol–water partition coefficient (Wildman–Crippen LogP) is 2.96. The molecule has 0 radical (unpaired) electrons. The number of amides is 1. The molecule has 3 unspecified atom stereocenters. The summed E-state index contributed by atoms with van der Waals surface area (Å²) < 4.78 is 5.68. The Bertz CT molecular complexity index is 524. The molecular formula is C15H20Cl2N2O2. The summed E-state index contributed by atoms with van der Waals surface area (Å²) in [6.07, 6.45) is 0.346. The van der Waals surface area contributed by atoms with Gasteiger partial charge in [0.05, 0.1) is 5.02 Å². The van der Waals surface area contributed by atoms with Gasteiger partial charge in [0.1, 0.15) is 5.75 Å². The Labute approximate surface area is 135 Å². The highest BCUT2D eigenvalue weighted by atomic mass is 35.5. The van der Waals surface area contributed by atoms with Crippen LogP contribution in [0.2, 0.25) is 10.0 Å². The molecule has 1 aliphatic rings. The van der Waals surface area contributed by atoms with Gasteiger partial charge in [-0.15, -0.1) is 0 Å². The minimum absolute atomic E-state index is 0.0375. The van der Waals surface area contributed by atoms with Crippen LogP contribution in [0.1, 0.15) is 20.3 Å². The number of benzene rings is 1. The van der Waals surface area contributed by atoms with Gasteiger partial charge in [0.2, 0.25) is 0 Å². The standard InChI is InChI=1S/C15H20Cl2N2O2/c1-9-5-11(7-18)8-19(9)15(20)10(2)21-14-4-3-12(16)6-13(14)17/h3-4,6,9-11H,5,7-8,18H2,1-2H3. The lowest BCUT2D eigenvalue weighted by Gasteiger charge is -2.25. The maximum atomic E-state index is 12.5. The number of rotatable bonds is 4. The Balaban J connectivity index is 2.03. The molecule has 1 fully saturated rings. The first-order valence-corrected chi connectivity index (χ1v) is 7.80. The van der Waals surface area contributed by atoms with Gasteiger partial charge in [-0.25, -0.2) is 0 Å². The third-order valence-corrected chi connectivity index (χ3v) is 4.35. The Kier molecular flexibility index (Phi) is 5.36. The number of likely N-dealkylation sites (tertiary alicyclic amines) is 1. The van der Waals surface area contributed by atoms with Crippen LogP contribution in [0.5, 0.6) is 5.75 Å². The Morgan fingerprint density at radius 2 is 2.24 bits per heavy atom. The molecule has 3 atom stereocenters. The van der Waals surface area contributed by atoms with Gasteiger partial charge in [-0.2, -0.15) is 0 Å². The van der Waals surface area contributed by atoms with E-state index >= 15 is 0 Å². The van der Waals surface area contributed by atoms with E-state index in [1.54, 1.807) is 25.1 Å². The first-order chi connectivity index (χ1) is 9.92. The molecule has 2 rings (SSSR count). The van der Waals surface area contributed by atoms with Crippen LogP contribution in [0, 0.1) is 5.92 Å². The summed E-state index contributed by atoms with van der Waals surface area (Å²) >= 11 is 11.9. The van der Waals surface area contributed by atoms with Crippen LogP contribution in [0.15, 0.2) is 18.2 Å². The van der Waals surface area contributed by atoms with Crippen molar-refractivity contribution in [3.63, 3.8) is 0 Å². The topological polar surface area (TPSA) is 55.6 Å². The molecule has 6 heteroatoms. The van der Waals surface area contributed by atoms with E-state index in [1.165, 1.54) is 0 Å². The van der Waals surface area contributed by atoms with E-state index in [1.807, 2.05) is 11.8 Å². The number of hydrogen-bond acceptors (Lipinski definition) is 3. The van der Waals surface area contributed by atoms with Crippen LogP contribution < -0.4 is 10.5 Å². The summed E-state index contributed by atoms with van der Waals surface area (Å²) in [6.45, 7) is 5.07. The average molecular weight is 331 g/mol. The molecule has 21 heavy (non-hydrogen) atoms. The van der Waals surface area contributed by atoms with Crippen molar-refractivity contribution in [3.05, 3.63) is 28.2 Å². The van der Waals surface area contributed by atoms with Gasteiger partial charge in [-0.1, -0.05) is 23.2 Å². The molecule has 0 spiro atoms. The lowest BCUT2D eigenvalue weighted by Crippen LogP contribution is -2.42. The predicted molar refractivity (Wildman–Crippen MR) is 84.9 cm³/mol. The number of nitrogens with two attached hydrogens (primary N) is 1. The van der Waals surface area contributed by atoms with Gasteiger partial charge in [0.15, 0.2) is 6.10 Å². The fourth-order valence-corrected chi connectivity index (χ4v) is 3.12. The molecule has 0 aromatic heterocycles. The minimum Gasteiger partial charge on any atom is -0.479 e. The molecule has 1 amide bonds. The summed E-state index contributed by atoms with van der Waals surface area (Å²) in [5, 5.41) is 0.932. The van der Waals surface area contributed by atoms with Crippen molar-refractivity contribution in [1.82, 2.24) is 4.90 Å².